The number of nitrogens with zero attached hydrogens (tertiary/aromatic N) is 2. The zero-order chi connectivity index (χ0) is 16.1. The lowest BCUT2D eigenvalue weighted by Crippen LogP contribution is -2.09. The zero-order valence-electron chi connectivity index (χ0n) is 13.5. The number of rotatable bonds is 7. The van der Waals surface area contributed by atoms with Gasteiger partial charge < -0.3 is 15.0 Å². The fraction of sp³-hybridized carbons (Fsp3) is 0.316. The fourth-order valence-corrected chi connectivity index (χ4v) is 2.83. The summed E-state index contributed by atoms with van der Waals surface area (Å²) in [5.74, 6) is 1.06. The third-order valence-corrected chi connectivity index (χ3v) is 3.99. The van der Waals surface area contributed by atoms with Crippen LogP contribution >= 0.6 is 0 Å². The molecule has 0 radical (unpaired) electrons. The number of para-hydroxylation sites is 2. The molecule has 0 saturated carbocycles. The van der Waals surface area contributed by atoms with Crippen LogP contribution in [0.15, 0.2) is 48.5 Å². The maximum Gasteiger partial charge on any atom is 0.129 e. The summed E-state index contributed by atoms with van der Waals surface area (Å²) in [6.07, 6.45) is 1.79. The Morgan fingerprint density at radius 1 is 1.09 bits per heavy atom. The van der Waals surface area contributed by atoms with Crippen LogP contribution in [0.3, 0.4) is 0 Å². The average molecular weight is 309 g/mol. The molecule has 4 nitrogen and oxygen atoms in total. The molecule has 0 atom stereocenters. The van der Waals surface area contributed by atoms with Crippen LogP contribution in [0, 0.1) is 0 Å². The van der Waals surface area contributed by atoms with Crippen LogP contribution in [0.2, 0.25) is 0 Å². The van der Waals surface area contributed by atoms with Gasteiger partial charge in [-0.3, -0.25) is 0 Å². The van der Waals surface area contributed by atoms with E-state index in [9.17, 15) is 0 Å². The molecule has 23 heavy (non-hydrogen) atoms. The topological polar surface area (TPSA) is 50.1 Å². The van der Waals surface area contributed by atoms with Gasteiger partial charge in [-0.2, -0.15) is 0 Å². The molecule has 0 aliphatic heterocycles. The summed E-state index contributed by atoms with van der Waals surface area (Å²) < 4.78 is 2.29. The molecular formula is C19H23N3O. The molecule has 0 spiro atoms. The van der Waals surface area contributed by atoms with Gasteiger partial charge in [0, 0.05) is 18.8 Å². The highest BCUT2D eigenvalue weighted by molar-refractivity contribution is 5.76. The van der Waals surface area contributed by atoms with Crippen molar-refractivity contribution >= 4 is 16.7 Å². The molecule has 1 aromatic heterocycles. The third-order valence-electron chi connectivity index (χ3n) is 3.99. The largest absolute Gasteiger partial charge is 0.396 e. The van der Waals surface area contributed by atoms with E-state index in [4.69, 9.17) is 10.1 Å². The zero-order valence-corrected chi connectivity index (χ0v) is 13.5. The van der Waals surface area contributed by atoms with Gasteiger partial charge in [-0.15, -0.1) is 0 Å². The van der Waals surface area contributed by atoms with Gasteiger partial charge in [0.2, 0.25) is 0 Å². The van der Waals surface area contributed by atoms with Crippen LogP contribution in [0.1, 0.15) is 24.7 Å². The smallest absolute Gasteiger partial charge is 0.129 e. The highest BCUT2D eigenvalue weighted by Crippen LogP contribution is 2.18. The number of aliphatic hydroxyl groups is 1. The molecule has 0 fully saturated rings. The van der Waals surface area contributed by atoms with Gasteiger partial charge in [0.05, 0.1) is 17.6 Å². The van der Waals surface area contributed by atoms with Gasteiger partial charge in [0.15, 0.2) is 0 Å². The molecule has 2 N–H and O–H groups in total. The van der Waals surface area contributed by atoms with E-state index in [0.29, 0.717) is 13.0 Å². The molecule has 0 unspecified atom stereocenters. The Kier molecular flexibility index (Phi) is 4.93. The van der Waals surface area contributed by atoms with Gasteiger partial charge in [-0.05, 0) is 42.7 Å². The Balaban J connectivity index is 1.77. The second-order valence-corrected chi connectivity index (χ2v) is 5.69. The molecule has 120 valence electrons. The van der Waals surface area contributed by atoms with Crippen LogP contribution in [0.4, 0.5) is 5.69 Å². The summed E-state index contributed by atoms with van der Waals surface area (Å²) in [5.41, 5.74) is 4.47. The van der Waals surface area contributed by atoms with Crippen molar-refractivity contribution in [2.45, 2.75) is 32.9 Å². The van der Waals surface area contributed by atoms with Crippen LogP contribution in [-0.2, 0) is 19.5 Å². The molecule has 0 bridgehead atoms. The van der Waals surface area contributed by atoms with Crippen molar-refractivity contribution in [3.8, 4) is 0 Å². The Hall–Kier alpha value is -2.33. The van der Waals surface area contributed by atoms with Crippen molar-refractivity contribution in [1.82, 2.24) is 9.55 Å². The Morgan fingerprint density at radius 2 is 1.87 bits per heavy atom. The molecule has 0 aliphatic rings. The van der Waals surface area contributed by atoms with E-state index >= 15 is 0 Å². The summed E-state index contributed by atoms with van der Waals surface area (Å²) in [6.45, 7) is 4.06. The van der Waals surface area contributed by atoms with Crippen molar-refractivity contribution in [2.24, 2.45) is 0 Å². The van der Waals surface area contributed by atoms with Crippen molar-refractivity contribution < 1.29 is 5.11 Å². The molecule has 4 heteroatoms. The van der Waals surface area contributed by atoms with Crippen molar-refractivity contribution in [3.63, 3.8) is 0 Å². The summed E-state index contributed by atoms with van der Waals surface area (Å²) >= 11 is 0. The molecule has 2 aromatic carbocycles. The molecule has 3 rings (SSSR count). The SMILES string of the molecule is CCCn1c(CNc2ccc(CCO)cc2)nc2ccccc21. The number of nitrogens with one attached hydrogen (secondary N) is 1. The van der Waals surface area contributed by atoms with Crippen LogP contribution < -0.4 is 5.32 Å². The monoisotopic (exact) mass is 309 g/mol. The summed E-state index contributed by atoms with van der Waals surface area (Å²) in [6, 6.07) is 16.5. The Labute approximate surface area is 136 Å². The minimum absolute atomic E-state index is 0.188. The number of fused-ring (bicyclic) bond motifs is 1. The van der Waals surface area contributed by atoms with Crippen LogP contribution in [-0.4, -0.2) is 21.3 Å². The summed E-state index contributed by atoms with van der Waals surface area (Å²) in [5, 5.41) is 12.4. The second-order valence-electron chi connectivity index (χ2n) is 5.69. The van der Waals surface area contributed by atoms with E-state index in [1.165, 1.54) is 5.52 Å². The van der Waals surface area contributed by atoms with Gasteiger partial charge in [0.25, 0.3) is 0 Å². The van der Waals surface area contributed by atoms with E-state index in [1.807, 2.05) is 18.2 Å². The van der Waals surface area contributed by atoms with Gasteiger partial charge in [-0.25, -0.2) is 4.98 Å². The minimum atomic E-state index is 0.188. The molecule has 3 aromatic rings. The Morgan fingerprint density at radius 3 is 2.61 bits per heavy atom. The predicted octanol–water partition coefficient (Wildman–Crippen LogP) is 3.59. The predicted molar refractivity (Wildman–Crippen MR) is 94.6 cm³/mol. The molecule has 1 heterocycles. The number of imidazole rings is 1. The van der Waals surface area contributed by atoms with Crippen molar-refractivity contribution in [1.29, 1.82) is 0 Å². The normalized spacial score (nSPS) is 11.0. The second kappa shape index (κ2) is 7.29. The van der Waals surface area contributed by atoms with Gasteiger partial charge in [-0.1, -0.05) is 31.2 Å². The molecule has 0 saturated heterocycles. The molecule has 0 aliphatic carbocycles. The lowest BCUT2D eigenvalue weighted by Gasteiger charge is -2.10. The van der Waals surface area contributed by atoms with Gasteiger partial charge in [0.1, 0.15) is 5.82 Å². The van der Waals surface area contributed by atoms with E-state index < -0.39 is 0 Å². The lowest BCUT2D eigenvalue weighted by atomic mass is 10.1. The van der Waals surface area contributed by atoms with E-state index in [2.05, 4.69) is 47.1 Å². The highest BCUT2D eigenvalue weighted by atomic mass is 16.2. The maximum atomic E-state index is 8.96. The third kappa shape index (κ3) is 3.54. The van der Waals surface area contributed by atoms with Gasteiger partial charge >= 0.3 is 0 Å². The molecule has 0 amide bonds. The first-order chi connectivity index (χ1) is 11.3. The standard InChI is InChI=1S/C19H23N3O/c1-2-12-22-18-6-4-3-5-17(18)21-19(22)14-20-16-9-7-15(8-10-16)11-13-23/h3-10,20,23H,2,11-14H2,1H3. The fourth-order valence-electron chi connectivity index (χ4n) is 2.83. The first-order valence-corrected chi connectivity index (χ1v) is 8.19. The van der Waals surface area contributed by atoms with E-state index in [0.717, 1.165) is 35.6 Å². The summed E-state index contributed by atoms with van der Waals surface area (Å²) in [4.78, 5) is 4.76. The Bertz CT molecular complexity index is 762. The first-order valence-electron chi connectivity index (χ1n) is 8.19. The first kappa shape index (κ1) is 15.6. The van der Waals surface area contributed by atoms with Crippen molar-refractivity contribution in [2.75, 3.05) is 11.9 Å². The van der Waals surface area contributed by atoms with Crippen molar-refractivity contribution in [3.05, 3.63) is 59.9 Å². The average Bonchev–Trinajstić information content (AvgIpc) is 2.93. The highest BCUT2D eigenvalue weighted by Gasteiger charge is 2.09. The number of anilines is 1. The molecular weight excluding hydrogens is 286 g/mol. The lowest BCUT2D eigenvalue weighted by molar-refractivity contribution is 0.299. The van der Waals surface area contributed by atoms with Crippen LogP contribution in [0.25, 0.3) is 11.0 Å². The number of benzene rings is 2. The number of aryl methyl sites for hydroxylation is 1. The quantitative estimate of drug-likeness (QED) is 0.701. The number of hydrogen-bond acceptors (Lipinski definition) is 3. The van der Waals surface area contributed by atoms with E-state index in [-0.39, 0.29) is 6.61 Å². The number of aromatic nitrogens is 2. The number of hydrogen-bond donors (Lipinski definition) is 2. The minimum Gasteiger partial charge on any atom is -0.396 e. The summed E-state index contributed by atoms with van der Waals surface area (Å²) in [7, 11) is 0. The maximum absolute atomic E-state index is 8.96. The van der Waals surface area contributed by atoms with Crippen LogP contribution in [0.5, 0.6) is 0 Å². The van der Waals surface area contributed by atoms with E-state index in [1.54, 1.807) is 0 Å². The number of aliphatic hydroxyl groups excluding tert-OH is 1.